The number of carbonyl (C=O) groups is 1. The molecule has 0 unspecified atom stereocenters. The Morgan fingerprint density at radius 1 is 1.17 bits per heavy atom. The van der Waals surface area contributed by atoms with Crippen LogP contribution in [0.4, 0.5) is 5.69 Å². The van der Waals surface area contributed by atoms with Crippen LogP contribution in [0.1, 0.15) is 25.3 Å². The molecule has 154 valence electrons. The van der Waals surface area contributed by atoms with E-state index in [0.29, 0.717) is 22.6 Å². The number of benzene rings is 2. The first-order valence-corrected chi connectivity index (χ1v) is 10.4. The highest BCUT2D eigenvalue weighted by Crippen LogP contribution is 2.19. The van der Waals surface area contributed by atoms with Crippen LogP contribution >= 0.6 is 0 Å². The Labute approximate surface area is 169 Å². The largest absolute Gasteiger partial charge is 0.385 e. The van der Waals surface area contributed by atoms with Gasteiger partial charge in [0.1, 0.15) is 11.0 Å². The highest BCUT2D eigenvalue weighted by Gasteiger charge is 2.19. The molecule has 0 fully saturated rings. The fourth-order valence-electron chi connectivity index (χ4n) is 2.61. The van der Waals surface area contributed by atoms with Crippen molar-refractivity contribution in [3.8, 4) is 0 Å². The van der Waals surface area contributed by atoms with Crippen molar-refractivity contribution >= 4 is 32.7 Å². The van der Waals surface area contributed by atoms with Crippen LogP contribution in [0.15, 0.2) is 47.4 Å². The zero-order valence-electron chi connectivity index (χ0n) is 16.7. The summed E-state index contributed by atoms with van der Waals surface area (Å²) in [5, 5.41) is 10.5. The van der Waals surface area contributed by atoms with Crippen LogP contribution in [0.2, 0.25) is 0 Å². The molecule has 1 aromatic heterocycles. The van der Waals surface area contributed by atoms with Gasteiger partial charge in [0.05, 0.1) is 4.90 Å². The van der Waals surface area contributed by atoms with E-state index in [0.717, 1.165) is 9.15 Å². The molecular formula is C19H23N5O4S. The Hall–Kier alpha value is -2.98. The predicted octanol–water partition coefficient (Wildman–Crippen LogP) is 1.87. The minimum atomic E-state index is -3.62. The number of aromatic nitrogens is 3. The Morgan fingerprint density at radius 2 is 1.86 bits per heavy atom. The second kappa shape index (κ2) is 8.18. The van der Waals surface area contributed by atoms with E-state index in [4.69, 9.17) is 4.84 Å². The molecule has 0 aliphatic heterocycles. The van der Waals surface area contributed by atoms with Crippen LogP contribution in [0.5, 0.6) is 0 Å². The van der Waals surface area contributed by atoms with Gasteiger partial charge < -0.3 is 10.2 Å². The van der Waals surface area contributed by atoms with Gasteiger partial charge in [0.2, 0.25) is 10.0 Å². The molecule has 0 atom stereocenters. The van der Waals surface area contributed by atoms with Crippen molar-refractivity contribution in [3.05, 3.63) is 48.0 Å². The van der Waals surface area contributed by atoms with Crippen LogP contribution in [-0.4, -0.2) is 54.5 Å². The third-order valence-corrected chi connectivity index (χ3v) is 6.16. The molecule has 1 N–H and O–H groups in total. The number of nitrogens with zero attached hydrogens (tertiary/aromatic N) is 4. The first-order valence-electron chi connectivity index (χ1n) is 8.99. The first kappa shape index (κ1) is 20.7. The van der Waals surface area contributed by atoms with E-state index in [9.17, 15) is 13.2 Å². The van der Waals surface area contributed by atoms with Crippen molar-refractivity contribution in [2.45, 2.75) is 24.7 Å². The summed E-state index contributed by atoms with van der Waals surface area (Å²) in [6.45, 7) is 3.88. The van der Waals surface area contributed by atoms with Crippen LogP contribution in [0.3, 0.4) is 0 Å². The zero-order chi connectivity index (χ0) is 21.2. The number of rotatable bonds is 7. The lowest BCUT2D eigenvalue weighted by Crippen LogP contribution is -2.26. The molecule has 3 rings (SSSR count). The minimum Gasteiger partial charge on any atom is -0.385 e. The number of nitrogens with one attached hydrogen (secondary N) is 1. The number of amides is 1. The van der Waals surface area contributed by atoms with Gasteiger partial charge in [-0.15, -0.1) is 5.10 Å². The smallest absolute Gasteiger partial charge is 0.265 e. The number of carbonyl (C=O) groups excluding carboxylic acids is 1. The summed E-state index contributed by atoms with van der Waals surface area (Å²) in [6, 6.07) is 12.0. The molecule has 0 spiro atoms. The SMILES string of the molecule is CC(C)c1ccc(NC(=O)COn2nnc3ccc(S(=O)(=O)N(C)C)cc32)cc1. The van der Waals surface area contributed by atoms with Gasteiger partial charge in [0, 0.05) is 19.8 Å². The van der Waals surface area contributed by atoms with Crippen molar-refractivity contribution in [2.75, 3.05) is 26.0 Å². The standard InChI is InChI=1S/C19H23N5O4S/c1-13(2)14-5-7-15(8-6-14)20-19(25)12-28-24-18-11-16(29(26,27)23(3)4)9-10-17(18)21-22-24/h5-11,13H,12H2,1-4H3,(H,20,25). The third kappa shape index (κ3) is 4.54. The van der Waals surface area contributed by atoms with Gasteiger partial charge in [-0.25, -0.2) is 12.7 Å². The average Bonchev–Trinajstić information content (AvgIpc) is 3.09. The monoisotopic (exact) mass is 417 g/mol. The number of hydrogen-bond acceptors (Lipinski definition) is 6. The Balaban J connectivity index is 1.71. The molecule has 3 aromatic rings. The fraction of sp³-hybridized carbons (Fsp3) is 0.316. The fourth-order valence-corrected chi connectivity index (χ4v) is 3.54. The van der Waals surface area contributed by atoms with E-state index < -0.39 is 10.0 Å². The van der Waals surface area contributed by atoms with E-state index in [1.54, 1.807) is 0 Å². The molecule has 2 aromatic carbocycles. The van der Waals surface area contributed by atoms with Gasteiger partial charge >= 0.3 is 0 Å². The number of hydrogen-bond donors (Lipinski definition) is 1. The molecule has 10 heteroatoms. The van der Waals surface area contributed by atoms with Gasteiger partial charge in [-0.05, 0) is 47.0 Å². The first-order chi connectivity index (χ1) is 13.7. The Morgan fingerprint density at radius 3 is 2.48 bits per heavy atom. The molecule has 1 heterocycles. The van der Waals surface area contributed by atoms with E-state index in [-0.39, 0.29) is 17.4 Å². The molecule has 0 saturated heterocycles. The highest BCUT2D eigenvalue weighted by molar-refractivity contribution is 7.89. The van der Waals surface area contributed by atoms with E-state index in [1.165, 1.54) is 37.9 Å². The summed E-state index contributed by atoms with van der Waals surface area (Å²) in [6.07, 6.45) is 0. The molecule has 1 amide bonds. The predicted molar refractivity (Wildman–Crippen MR) is 109 cm³/mol. The normalized spacial score (nSPS) is 11.9. The summed E-state index contributed by atoms with van der Waals surface area (Å²) in [4.78, 5) is 18.7. The van der Waals surface area contributed by atoms with E-state index in [1.807, 2.05) is 24.3 Å². The summed E-state index contributed by atoms with van der Waals surface area (Å²) < 4.78 is 25.7. The molecular weight excluding hydrogens is 394 g/mol. The zero-order valence-corrected chi connectivity index (χ0v) is 17.5. The van der Waals surface area contributed by atoms with Gasteiger partial charge in [-0.3, -0.25) is 4.79 Å². The van der Waals surface area contributed by atoms with Gasteiger partial charge in [0.15, 0.2) is 6.61 Å². The van der Waals surface area contributed by atoms with E-state index >= 15 is 0 Å². The summed E-state index contributed by atoms with van der Waals surface area (Å²) in [7, 11) is -0.719. The van der Waals surface area contributed by atoms with Crippen LogP contribution in [-0.2, 0) is 14.8 Å². The third-order valence-electron chi connectivity index (χ3n) is 4.34. The van der Waals surface area contributed by atoms with Gasteiger partial charge in [-0.1, -0.05) is 30.8 Å². The molecule has 0 aliphatic rings. The summed E-state index contributed by atoms with van der Waals surface area (Å²) >= 11 is 0. The maximum absolute atomic E-state index is 12.3. The lowest BCUT2D eigenvalue weighted by Gasteiger charge is -2.11. The molecule has 0 aliphatic carbocycles. The molecule has 0 bridgehead atoms. The van der Waals surface area contributed by atoms with Crippen molar-refractivity contribution in [1.82, 2.24) is 19.5 Å². The maximum atomic E-state index is 12.3. The molecule has 9 nitrogen and oxygen atoms in total. The Kier molecular flexibility index (Phi) is 5.85. The van der Waals surface area contributed by atoms with Gasteiger partial charge in [0.25, 0.3) is 5.91 Å². The number of sulfonamides is 1. The lowest BCUT2D eigenvalue weighted by molar-refractivity contribution is -0.121. The number of anilines is 1. The van der Waals surface area contributed by atoms with E-state index in [2.05, 4.69) is 29.5 Å². The molecule has 0 radical (unpaired) electrons. The lowest BCUT2D eigenvalue weighted by atomic mass is 10.0. The van der Waals surface area contributed by atoms with Crippen molar-refractivity contribution < 1.29 is 18.0 Å². The molecule has 29 heavy (non-hydrogen) atoms. The number of fused-ring (bicyclic) bond motifs is 1. The van der Waals surface area contributed by atoms with Crippen LogP contribution in [0, 0.1) is 0 Å². The van der Waals surface area contributed by atoms with Crippen molar-refractivity contribution in [3.63, 3.8) is 0 Å². The van der Waals surface area contributed by atoms with Crippen LogP contribution in [0.25, 0.3) is 11.0 Å². The molecule has 0 saturated carbocycles. The summed E-state index contributed by atoms with van der Waals surface area (Å²) in [5.74, 6) is 0.0351. The Bertz CT molecular complexity index is 1120. The van der Waals surface area contributed by atoms with Gasteiger partial charge in [-0.2, -0.15) is 0 Å². The van der Waals surface area contributed by atoms with Crippen molar-refractivity contribution in [1.29, 1.82) is 0 Å². The van der Waals surface area contributed by atoms with Crippen molar-refractivity contribution in [2.24, 2.45) is 0 Å². The second-order valence-corrected chi connectivity index (χ2v) is 9.15. The maximum Gasteiger partial charge on any atom is 0.265 e. The second-order valence-electron chi connectivity index (χ2n) is 7.00. The summed E-state index contributed by atoms with van der Waals surface area (Å²) in [5.41, 5.74) is 2.64. The van der Waals surface area contributed by atoms with Crippen LogP contribution < -0.4 is 10.2 Å². The highest BCUT2D eigenvalue weighted by atomic mass is 32.2. The average molecular weight is 417 g/mol. The topological polar surface area (TPSA) is 106 Å². The quantitative estimate of drug-likeness (QED) is 0.629. The minimum absolute atomic E-state index is 0.0804.